The van der Waals surface area contributed by atoms with Crippen molar-refractivity contribution in [3.05, 3.63) is 33.3 Å². The summed E-state index contributed by atoms with van der Waals surface area (Å²) >= 11 is 9.90. The zero-order valence-electron chi connectivity index (χ0n) is 11.6. The molecule has 2 saturated carbocycles. The van der Waals surface area contributed by atoms with Gasteiger partial charge in [-0.3, -0.25) is 10.1 Å². The molecule has 0 amide bonds. The van der Waals surface area contributed by atoms with Crippen molar-refractivity contribution >= 4 is 33.2 Å². The first-order valence-corrected chi connectivity index (χ1v) is 8.57. The van der Waals surface area contributed by atoms with Gasteiger partial charge in [0.05, 0.1) is 9.95 Å². The zero-order valence-corrected chi connectivity index (χ0v) is 13.9. The number of ether oxygens (including phenoxy) is 1. The third kappa shape index (κ3) is 2.66. The first-order valence-electron chi connectivity index (χ1n) is 7.27. The number of non-ortho nitro benzene ring substituents is 1. The van der Waals surface area contributed by atoms with Crippen LogP contribution in [0.2, 0.25) is 5.02 Å². The van der Waals surface area contributed by atoms with E-state index in [-0.39, 0.29) is 17.2 Å². The quantitative estimate of drug-likeness (QED) is 0.419. The van der Waals surface area contributed by atoms with Gasteiger partial charge in [0.15, 0.2) is 0 Å². The van der Waals surface area contributed by atoms with E-state index in [4.69, 9.17) is 16.3 Å². The standard InChI is InChI=1S/C15H17BrClNO3/c16-13-9-14(15(13)6-2-1-3-7-15)21-12-5-4-10(18(19)20)8-11(12)17/h4-5,8,13-14H,1-3,6-7,9H2. The average Bonchev–Trinajstić information content (AvgIpc) is 2.49. The van der Waals surface area contributed by atoms with Crippen molar-refractivity contribution in [3.63, 3.8) is 0 Å². The van der Waals surface area contributed by atoms with Crippen LogP contribution in [0.15, 0.2) is 18.2 Å². The Morgan fingerprint density at radius 3 is 2.62 bits per heavy atom. The number of rotatable bonds is 3. The predicted octanol–water partition coefficient (Wildman–Crippen LogP) is 5.11. The number of halogens is 2. The topological polar surface area (TPSA) is 52.4 Å². The van der Waals surface area contributed by atoms with E-state index >= 15 is 0 Å². The van der Waals surface area contributed by atoms with Crippen molar-refractivity contribution in [2.24, 2.45) is 5.41 Å². The van der Waals surface area contributed by atoms with Gasteiger partial charge in [0.1, 0.15) is 11.9 Å². The van der Waals surface area contributed by atoms with Gasteiger partial charge in [0.25, 0.3) is 5.69 Å². The van der Waals surface area contributed by atoms with E-state index in [9.17, 15) is 10.1 Å². The number of nitro benzene ring substituents is 1. The summed E-state index contributed by atoms with van der Waals surface area (Å²) in [6, 6.07) is 4.41. The molecule has 1 spiro atoms. The van der Waals surface area contributed by atoms with Gasteiger partial charge in [-0.1, -0.05) is 46.8 Å². The SMILES string of the molecule is O=[N+]([O-])c1ccc(OC2CC(Br)C23CCCCC3)c(Cl)c1. The maximum Gasteiger partial charge on any atom is 0.271 e. The Kier molecular flexibility index (Phi) is 4.14. The second kappa shape index (κ2) is 5.76. The Morgan fingerprint density at radius 1 is 1.33 bits per heavy atom. The van der Waals surface area contributed by atoms with Crippen LogP contribution in [0.3, 0.4) is 0 Å². The lowest BCUT2D eigenvalue weighted by Gasteiger charge is -2.55. The Balaban J connectivity index is 1.76. The highest BCUT2D eigenvalue weighted by atomic mass is 79.9. The lowest BCUT2D eigenvalue weighted by molar-refractivity contribution is -0.384. The van der Waals surface area contributed by atoms with Crippen molar-refractivity contribution < 1.29 is 9.66 Å². The highest BCUT2D eigenvalue weighted by Gasteiger charge is 2.55. The van der Waals surface area contributed by atoms with E-state index in [1.165, 1.54) is 44.2 Å². The minimum absolute atomic E-state index is 0.00768. The minimum Gasteiger partial charge on any atom is -0.488 e. The van der Waals surface area contributed by atoms with Crippen LogP contribution in [-0.4, -0.2) is 15.9 Å². The fourth-order valence-electron chi connectivity index (χ4n) is 3.56. The van der Waals surface area contributed by atoms with E-state index in [1.54, 1.807) is 6.07 Å². The first-order chi connectivity index (χ1) is 10.0. The molecule has 2 unspecified atom stereocenters. The minimum atomic E-state index is -0.448. The molecule has 2 atom stereocenters. The lowest BCUT2D eigenvalue weighted by Crippen LogP contribution is -2.57. The van der Waals surface area contributed by atoms with Crippen LogP contribution in [-0.2, 0) is 0 Å². The summed E-state index contributed by atoms with van der Waals surface area (Å²) in [4.78, 5) is 10.8. The van der Waals surface area contributed by atoms with E-state index in [2.05, 4.69) is 15.9 Å². The van der Waals surface area contributed by atoms with Gasteiger partial charge in [0.2, 0.25) is 0 Å². The maximum absolute atomic E-state index is 10.7. The number of hydrogen-bond acceptors (Lipinski definition) is 3. The number of alkyl halides is 1. The Labute approximate surface area is 137 Å². The molecule has 0 N–H and O–H groups in total. The zero-order chi connectivity index (χ0) is 15.0. The largest absolute Gasteiger partial charge is 0.488 e. The molecule has 0 bridgehead atoms. The Morgan fingerprint density at radius 2 is 2.05 bits per heavy atom. The first kappa shape index (κ1) is 15.1. The molecule has 2 aliphatic carbocycles. The van der Waals surface area contributed by atoms with Crippen molar-refractivity contribution in [1.29, 1.82) is 0 Å². The molecule has 2 fully saturated rings. The van der Waals surface area contributed by atoms with Crippen LogP contribution in [0.25, 0.3) is 0 Å². The van der Waals surface area contributed by atoms with Crippen molar-refractivity contribution in [3.8, 4) is 5.75 Å². The number of nitrogens with zero attached hydrogens (tertiary/aromatic N) is 1. The van der Waals surface area contributed by atoms with Crippen LogP contribution in [0.5, 0.6) is 5.75 Å². The highest BCUT2D eigenvalue weighted by molar-refractivity contribution is 9.09. The molecule has 0 aromatic heterocycles. The van der Waals surface area contributed by atoms with Gasteiger partial charge in [-0.15, -0.1) is 0 Å². The molecule has 1 aromatic carbocycles. The van der Waals surface area contributed by atoms with Crippen LogP contribution < -0.4 is 4.74 Å². The van der Waals surface area contributed by atoms with E-state index < -0.39 is 4.92 Å². The van der Waals surface area contributed by atoms with Crippen LogP contribution in [0.1, 0.15) is 38.5 Å². The molecule has 2 aliphatic rings. The molecule has 0 saturated heterocycles. The second-order valence-electron chi connectivity index (χ2n) is 5.98. The molecule has 0 heterocycles. The van der Waals surface area contributed by atoms with E-state index in [1.807, 2.05) is 0 Å². The molecule has 3 rings (SSSR count). The van der Waals surface area contributed by atoms with Gasteiger partial charge >= 0.3 is 0 Å². The molecule has 4 nitrogen and oxygen atoms in total. The summed E-state index contributed by atoms with van der Waals surface area (Å²) in [5.74, 6) is 0.552. The highest BCUT2D eigenvalue weighted by Crippen LogP contribution is 2.56. The summed E-state index contributed by atoms with van der Waals surface area (Å²) < 4.78 is 6.10. The number of hydrogen-bond donors (Lipinski definition) is 0. The maximum atomic E-state index is 10.7. The third-order valence-corrected chi connectivity index (χ3v) is 6.45. The Hall–Kier alpha value is -0.810. The average molecular weight is 375 g/mol. The molecule has 6 heteroatoms. The van der Waals surface area contributed by atoms with Crippen molar-refractivity contribution in [2.45, 2.75) is 49.5 Å². The molecule has 0 aliphatic heterocycles. The molecule has 21 heavy (non-hydrogen) atoms. The van der Waals surface area contributed by atoms with Gasteiger partial charge in [-0.2, -0.15) is 0 Å². The molecule has 114 valence electrons. The summed E-state index contributed by atoms with van der Waals surface area (Å²) in [7, 11) is 0. The summed E-state index contributed by atoms with van der Waals surface area (Å²) in [5, 5.41) is 11.1. The second-order valence-corrected chi connectivity index (χ2v) is 7.49. The molecular weight excluding hydrogens is 358 g/mol. The van der Waals surface area contributed by atoms with Gasteiger partial charge in [-0.25, -0.2) is 0 Å². The third-order valence-electron chi connectivity index (χ3n) is 4.87. The monoisotopic (exact) mass is 373 g/mol. The van der Waals surface area contributed by atoms with Crippen molar-refractivity contribution in [2.75, 3.05) is 0 Å². The lowest BCUT2D eigenvalue weighted by atomic mass is 9.58. The number of benzene rings is 1. The van der Waals surface area contributed by atoms with E-state index in [0.29, 0.717) is 15.6 Å². The van der Waals surface area contributed by atoms with Crippen molar-refractivity contribution in [1.82, 2.24) is 0 Å². The summed E-state index contributed by atoms with van der Waals surface area (Å²) in [5.41, 5.74) is 0.204. The normalized spacial score (nSPS) is 27.1. The van der Waals surface area contributed by atoms with Crippen LogP contribution >= 0.6 is 27.5 Å². The van der Waals surface area contributed by atoms with Crippen LogP contribution in [0.4, 0.5) is 5.69 Å². The molecule has 1 aromatic rings. The summed E-state index contributed by atoms with van der Waals surface area (Å²) in [6.45, 7) is 0. The van der Waals surface area contributed by atoms with Gasteiger partial charge in [-0.05, 0) is 25.3 Å². The molecule has 0 radical (unpaired) electrons. The fourth-order valence-corrected chi connectivity index (χ4v) is 4.87. The smallest absolute Gasteiger partial charge is 0.271 e. The molecular formula is C15H17BrClNO3. The summed E-state index contributed by atoms with van der Waals surface area (Å²) in [6.07, 6.45) is 7.27. The predicted molar refractivity (Wildman–Crippen MR) is 85.4 cm³/mol. The van der Waals surface area contributed by atoms with Crippen LogP contribution in [0, 0.1) is 15.5 Å². The van der Waals surface area contributed by atoms with Gasteiger partial charge < -0.3 is 4.74 Å². The van der Waals surface area contributed by atoms with E-state index in [0.717, 1.165) is 6.42 Å². The van der Waals surface area contributed by atoms with Gasteiger partial charge in [0, 0.05) is 22.4 Å². The number of nitro groups is 1. The fraction of sp³-hybridized carbons (Fsp3) is 0.600. The Bertz CT molecular complexity index is 560.